The number of amides is 3. The smallest absolute Gasteiger partial charge is 0.326 e. The molecule has 0 radical (unpaired) electrons. The summed E-state index contributed by atoms with van der Waals surface area (Å²) in [5, 5.41) is 51.6. The zero-order valence-corrected chi connectivity index (χ0v) is 29.7. The third-order valence-electron chi connectivity index (χ3n) is 9.15. The lowest BCUT2D eigenvalue weighted by atomic mass is 9.91. The van der Waals surface area contributed by atoms with Crippen LogP contribution in [0.3, 0.4) is 0 Å². The highest BCUT2D eigenvalue weighted by Crippen LogP contribution is 2.35. The lowest BCUT2D eigenvalue weighted by molar-refractivity contribution is -0.125. The van der Waals surface area contributed by atoms with Crippen LogP contribution >= 0.6 is 0 Å². The summed E-state index contributed by atoms with van der Waals surface area (Å²) in [6.45, 7) is -0.393. The number of nitrogens with two attached hydrogens (primary N) is 1. The van der Waals surface area contributed by atoms with Gasteiger partial charge in [-0.3, -0.25) is 10.1 Å². The number of aliphatic hydroxyl groups is 3. The Hall–Kier alpha value is -6.32. The van der Waals surface area contributed by atoms with Gasteiger partial charge in [-0.1, -0.05) is 60.7 Å². The van der Waals surface area contributed by atoms with E-state index in [2.05, 4.69) is 36.3 Å². The van der Waals surface area contributed by atoms with Gasteiger partial charge in [0.2, 0.25) is 15.9 Å². The maximum Gasteiger partial charge on any atom is 0.326 e. The van der Waals surface area contributed by atoms with Crippen molar-refractivity contribution in [2.24, 2.45) is 5.14 Å². The summed E-state index contributed by atoms with van der Waals surface area (Å²) in [5.74, 6) is -0.573. The molecule has 284 valence electrons. The van der Waals surface area contributed by atoms with E-state index < -0.39 is 52.9 Å². The average Bonchev–Trinajstić information content (AvgIpc) is 3.90. The molecule has 0 saturated heterocycles. The van der Waals surface area contributed by atoms with Crippen molar-refractivity contribution in [2.45, 2.75) is 41.5 Å². The normalized spacial score (nSPS) is 18.3. The summed E-state index contributed by atoms with van der Waals surface area (Å²) in [5.41, 5.74) is 3.01. The highest BCUT2D eigenvalue weighted by Gasteiger charge is 2.44. The molecule has 3 aromatic heterocycles. The van der Waals surface area contributed by atoms with Crippen molar-refractivity contribution in [2.75, 3.05) is 29.1 Å². The maximum atomic E-state index is 12.8. The Morgan fingerprint density at radius 3 is 2.18 bits per heavy atom. The molecule has 20 heteroatoms. The SMILES string of the molecule is NS(=O)(=O)c1ccc(NC(=O)Nc2ncn(-c3nc(NCC(c4ccccc4)c4ccccc4)c4ncn([C@@H]5C[C@H](NC(=O)CO)[C@@H](O)[C@H]5O)c4n3)n2)cc1. The molecule has 3 aromatic carbocycles. The Morgan fingerprint density at radius 1 is 0.873 bits per heavy atom. The number of aromatic nitrogens is 7. The topological polar surface area (TPSA) is 277 Å². The zero-order valence-electron chi connectivity index (χ0n) is 28.8. The number of nitrogens with one attached hydrogen (secondary N) is 4. The number of urea groups is 1. The minimum absolute atomic E-state index is 0.0189. The molecule has 0 aliphatic heterocycles. The molecule has 1 saturated carbocycles. The number of carbonyl (C=O) groups excluding carboxylic acids is 2. The number of hydrogen-bond acceptors (Lipinski definition) is 13. The maximum absolute atomic E-state index is 12.8. The van der Waals surface area contributed by atoms with E-state index in [1.54, 1.807) is 4.57 Å². The van der Waals surface area contributed by atoms with Crippen LogP contribution in [-0.2, 0) is 14.8 Å². The van der Waals surface area contributed by atoms with Crippen molar-refractivity contribution in [1.82, 2.24) is 39.6 Å². The molecule has 1 aliphatic carbocycles. The fraction of sp³-hybridized carbons (Fsp3) is 0.229. The number of carbonyl (C=O) groups is 2. The molecular weight excluding hydrogens is 733 g/mol. The summed E-state index contributed by atoms with van der Waals surface area (Å²) in [6.07, 6.45) is 0.186. The Morgan fingerprint density at radius 2 is 1.55 bits per heavy atom. The second kappa shape index (κ2) is 15.6. The molecule has 1 fully saturated rings. The molecule has 0 bridgehead atoms. The number of benzene rings is 3. The van der Waals surface area contributed by atoms with E-state index in [0.29, 0.717) is 17.9 Å². The van der Waals surface area contributed by atoms with Crippen LogP contribution in [0.15, 0.2) is 102 Å². The molecule has 0 unspecified atom stereocenters. The first kappa shape index (κ1) is 37.0. The van der Waals surface area contributed by atoms with Crippen LogP contribution in [-0.4, -0.2) is 101 Å². The molecular formula is C35H36N12O7S. The molecule has 3 amide bonds. The molecule has 0 spiro atoms. The van der Waals surface area contributed by atoms with Crippen LogP contribution in [0.1, 0.15) is 29.5 Å². The van der Waals surface area contributed by atoms with E-state index in [0.717, 1.165) is 11.1 Å². The van der Waals surface area contributed by atoms with Gasteiger partial charge in [-0.05, 0) is 41.8 Å². The van der Waals surface area contributed by atoms with Gasteiger partial charge in [-0.15, -0.1) is 5.10 Å². The van der Waals surface area contributed by atoms with E-state index in [1.165, 1.54) is 41.6 Å². The van der Waals surface area contributed by atoms with Crippen LogP contribution in [0.2, 0.25) is 0 Å². The number of anilines is 3. The number of hydrogen-bond donors (Lipinski definition) is 8. The Kier molecular flexibility index (Phi) is 10.5. The second-order valence-electron chi connectivity index (χ2n) is 12.7. The first-order valence-electron chi connectivity index (χ1n) is 17.0. The summed E-state index contributed by atoms with van der Waals surface area (Å²) in [6, 6.07) is 22.8. The number of imidazole rings is 1. The summed E-state index contributed by atoms with van der Waals surface area (Å²) >= 11 is 0. The van der Waals surface area contributed by atoms with E-state index >= 15 is 0 Å². The largest absolute Gasteiger partial charge is 0.388 e. The van der Waals surface area contributed by atoms with Crippen molar-refractivity contribution in [1.29, 1.82) is 0 Å². The van der Waals surface area contributed by atoms with Gasteiger partial charge in [0, 0.05) is 18.2 Å². The van der Waals surface area contributed by atoms with Crippen molar-refractivity contribution >= 4 is 50.6 Å². The van der Waals surface area contributed by atoms with Gasteiger partial charge in [-0.2, -0.15) is 19.6 Å². The lowest BCUT2D eigenvalue weighted by Crippen LogP contribution is -2.44. The predicted octanol–water partition coefficient (Wildman–Crippen LogP) is 1.09. The zero-order chi connectivity index (χ0) is 38.7. The standard InChI is InChI=1S/C35H36N12O7S/c36-55(53,54)23-13-11-22(12-14-23)40-35(52)44-33-39-19-47(45-33)34-42-31(37-16-24(20-7-3-1-4-8-20)21-9-5-2-6-10-21)28-32(43-34)46(18-38-28)26-15-25(29(50)30(26)51)41-27(49)17-48/h1-14,18-19,24-26,29-30,48,50-51H,15-17H2,(H,41,49)(H2,36,53,54)(H,37,42,43)(H2,40,44,45,52)/t25-,26+,29+,30-/m0/s1. The van der Waals surface area contributed by atoms with Crippen LogP contribution in [0.4, 0.5) is 22.2 Å². The monoisotopic (exact) mass is 768 g/mol. The molecule has 19 nitrogen and oxygen atoms in total. The molecule has 9 N–H and O–H groups in total. The molecule has 55 heavy (non-hydrogen) atoms. The van der Waals surface area contributed by atoms with Crippen LogP contribution < -0.4 is 26.4 Å². The first-order valence-corrected chi connectivity index (χ1v) is 18.5. The molecule has 7 rings (SSSR count). The number of nitrogens with zero attached hydrogens (tertiary/aromatic N) is 7. The second-order valence-corrected chi connectivity index (χ2v) is 14.3. The molecule has 4 atom stereocenters. The van der Waals surface area contributed by atoms with Crippen molar-refractivity contribution in [3.8, 4) is 5.95 Å². The van der Waals surface area contributed by atoms with Gasteiger partial charge in [0.15, 0.2) is 17.0 Å². The van der Waals surface area contributed by atoms with Crippen LogP contribution in [0.5, 0.6) is 0 Å². The average molecular weight is 769 g/mol. The third kappa shape index (κ3) is 8.12. The van der Waals surface area contributed by atoms with Crippen molar-refractivity contribution < 1.29 is 33.3 Å². The number of fused-ring (bicyclic) bond motifs is 1. The summed E-state index contributed by atoms with van der Waals surface area (Å²) < 4.78 is 25.9. The van der Waals surface area contributed by atoms with Crippen molar-refractivity contribution in [3.05, 3.63) is 109 Å². The number of rotatable bonds is 12. The van der Waals surface area contributed by atoms with Crippen molar-refractivity contribution in [3.63, 3.8) is 0 Å². The van der Waals surface area contributed by atoms with Crippen LogP contribution in [0.25, 0.3) is 17.1 Å². The minimum Gasteiger partial charge on any atom is -0.388 e. The number of primary sulfonamides is 1. The summed E-state index contributed by atoms with van der Waals surface area (Å²) in [7, 11) is -3.91. The first-order chi connectivity index (χ1) is 26.5. The van der Waals surface area contributed by atoms with Gasteiger partial charge in [0.05, 0.1) is 23.3 Å². The fourth-order valence-corrected chi connectivity index (χ4v) is 6.97. The predicted molar refractivity (Wildman–Crippen MR) is 199 cm³/mol. The van der Waals surface area contributed by atoms with E-state index in [4.69, 9.17) is 15.1 Å². The highest BCUT2D eigenvalue weighted by atomic mass is 32.2. The van der Waals surface area contributed by atoms with E-state index in [1.807, 2.05) is 60.7 Å². The molecule has 1 aliphatic rings. The number of aliphatic hydroxyl groups excluding tert-OH is 3. The van der Waals surface area contributed by atoms with Gasteiger partial charge in [0.1, 0.15) is 25.1 Å². The Balaban J connectivity index is 1.20. The lowest BCUT2D eigenvalue weighted by Gasteiger charge is -2.20. The van der Waals surface area contributed by atoms with Gasteiger partial charge in [0.25, 0.3) is 11.9 Å². The quantitative estimate of drug-likeness (QED) is 0.0867. The van der Waals surface area contributed by atoms with Gasteiger partial charge >= 0.3 is 6.03 Å². The Labute approximate surface area is 313 Å². The van der Waals surface area contributed by atoms with E-state index in [9.17, 15) is 33.3 Å². The summed E-state index contributed by atoms with van der Waals surface area (Å²) in [4.78, 5) is 42.8. The molecule has 3 heterocycles. The van der Waals surface area contributed by atoms with Gasteiger partial charge in [-0.25, -0.2) is 23.3 Å². The Bertz CT molecular complexity index is 2370. The van der Waals surface area contributed by atoms with Crippen LogP contribution in [0, 0.1) is 0 Å². The van der Waals surface area contributed by atoms with E-state index in [-0.39, 0.29) is 40.5 Å². The minimum atomic E-state index is -3.91. The van der Waals surface area contributed by atoms with Gasteiger partial charge < -0.3 is 35.8 Å². The molecule has 6 aromatic rings. The highest BCUT2D eigenvalue weighted by molar-refractivity contribution is 7.89. The third-order valence-corrected chi connectivity index (χ3v) is 10.1. The number of sulfonamides is 1. The fourth-order valence-electron chi connectivity index (χ4n) is 6.46.